The summed E-state index contributed by atoms with van der Waals surface area (Å²) in [5.74, 6) is 2.17. The Bertz CT molecular complexity index is 418. The summed E-state index contributed by atoms with van der Waals surface area (Å²) < 4.78 is 11.2. The lowest BCUT2D eigenvalue weighted by Gasteiger charge is -2.26. The summed E-state index contributed by atoms with van der Waals surface area (Å²) >= 11 is 0. The lowest BCUT2D eigenvalue weighted by Crippen LogP contribution is -2.19. The molecule has 0 aromatic heterocycles. The van der Waals surface area contributed by atoms with E-state index in [0.717, 1.165) is 12.0 Å². The van der Waals surface area contributed by atoms with Gasteiger partial charge in [0.15, 0.2) is 17.8 Å². The van der Waals surface area contributed by atoms with Crippen LogP contribution in [0.2, 0.25) is 0 Å². The second-order valence-corrected chi connectivity index (χ2v) is 6.15. The monoisotopic (exact) mass is 294 g/mol. The highest BCUT2D eigenvalue weighted by atomic mass is 16.7. The molecule has 0 aliphatic carbocycles. The van der Waals surface area contributed by atoms with Gasteiger partial charge in [-0.2, -0.15) is 0 Å². The minimum absolute atomic E-state index is 0.192. The van der Waals surface area contributed by atoms with Gasteiger partial charge in [-0.25, -0.2) is 0 Å². The molecule has 1 aromatic carbocycles. The number of aromatic hydroxyl groups is 1. The third-order valence-corrected chi connectivity index (χ3v) is 3.75. The van der Waals surface area contributed by atoms with Gasteiger partial charge in [-0.05, 0) is 42.4 Å². The van der Waals surface area contributed by atoms with Crippen molar-refractivity contribution in [3.8, 4) is 11.5 Å². The molecule has 0 radical (unpaired) electrons. The minimum atomic E-state index is -0.308. The summed E-state index contributed by atoms with van der Waals surface area (Å²) in [5.41, 5.74) is 1.16. The van der Waals surface area contributed by atoms with Crippen molar-refractivity contribution in [2.75, 3.05) is 6.61 Å². The largest absolute Gasteiger partial charge is 0.504 e. The van der Waals surface area contributed by atoms with E-state index in [9.17, 15) is 5.11 Å². The van der Waals surface area contributed by atoms with Gasteiger partial charge in [0.2, 0.25) is 0 Å². The molecule has 3 heteroatoms. The minimum Gasteiger partial charge on any atom is -0.504 e. The van der Waals surface area contributed by atoms with Crippen LogP contribution in [0.5, 0.6) is 11.5 Å². The van der Waals surface area contributed by atoms with Crippen LogP contribution in [0.4, 0.5) is 0 Å². The van der Waals surface area contributed by atoms with E-state index in [0.29, 0.717) is 30.1 Å². The Morgan fingerprint density at radius 3 is 2.10 bits per heavy atom. The zero-order valence-electron chi connectivity index (χ0n) is 14.2. The van der Waals surface area contributed by atoms with Crippen LogP contribution >= 0.6 is 0 Å². The van der Waals surface area contributed by atoms with Gasteiger partial charge in [-0.1, -0.05) is 40.7 Å². The smallest absolute Gasteiger partial charge is 0.199 e. The molecule has 0 bridgehead atoms. The fraction of sp³-hybridized carbons (Fsp3) is 0.667. The van der Waals surface area contributed by atoms with Crippen molar-refractivity contribution < 1.29 is 14.6 Å². The molecular weight excluding hydrogens is 264 g/mol. The first-order valence-electron chi connectivity index (χ1n) is 8.01. The van der Waals surface area contributed by atoms with E-state index in [-0.39, 0.29) is 12.0 Å². The Hall–Kier alpha value is -1.22. The van der Waals surface area contributed by atoms with Crippen LogP contribution in [-0.2, 0) is 4.74 Å². The number of hydrogen-bond donors (Lipinski definition) is 1. The van der Waals surface area contributed by atoms with Crippen molar-refractivity contribution in [1.29, 1.82) is 0 Å². The lowest BCUT2D eigenvalue weighted by molar-refractivity contribution is -0.0776. The first kappa shape index (κ1) is 17.8. The first-order valence-corrected chi connectivity index (χ1v) is 8.01. The molecule has 1 aromatic rings. The highest BCUT2D eigenvalue weighted by molar-refractivity contribution is 5.43. The molecule has 1 rings (SSSR count). The van der Waals surface area contributed by atoms with Crippen molar-refractivity contribution >= 4 is 0 Å². The SMILES string of the molecule is CCOC(CC)Oc1ccc(C(C(C)C)C(C)C)cc1O. The van der Waals surface area contributed by atoms with E-state index in [1.807, 2.05) is 26.0 Å². The third kappa shape index (κ3) is 4.92. The first-order chi connectivity index (χ1) is 9.90. The Labute approximate surface area is 129 Å². The predicted molar refractivity (Wildman–Crippen MR) is 86.9 cm³/mol. The van der Waals surface area contributed by atoms with Gasteiger partial charge in [0.1, 0.15) is 0 Å². The number of rotatable bonds is 8. The van der Waals surface area contributed by atoms with Crippen LogP contribution in [0.15, 0.2) is 18.2 Å². The van der Waals surface area contributed by atoms with Gasteiger partial charge in [0, 0.05) is 13.0 Å². The molecular formula is C18H30O3. The van der Waals surface area contributed by atoms with E-state index in [1.54, 1.807) is 0 Å². The molecule has 1 atom stereocenters. The standard InChI is InChI=1S/C18H30O3/c1-7-17(20-8-2)21-16-10-9-14(11-15(16)19)18(12(3)4)13(5)6/h9-13,17-19H,7-8H2,1-6H3. The molecule has 3 nitrogen and oxygen atoms in total. The van der Waals surface area contributed by atoms with E-state index in [1.165, 1.54) is 0 Å². The Balaban J connectivity index is 2.94. The number of ether oxygens (including phenoxy) is 2. The maximum atomic E-state index is 10.2. The van der Waals surface area contributed by atoms with Crippen molar-refractivity contribution in [3.05, 3.63) is 23.8 Å². The van der Waals surface area contributed by atoms with Gasteiger partial charge >= 0.3 is 0 Å². The molecule has 0 aliphatic heterocycles. The third-order valence-electron chi connectivity index (χ3n) is 3.75. The second kappa shape index (κ2) is 8.28. The molecule has 21 heavy (non-hydrogen) atoms. The van der Waals surface area contributed by atoms with Crippen LogP contribution in [0.1, 0.15) is 59.4 Å². The van der Waals surface area contributed by atoms with Gasteiger partial charge in [-0.15, -0.1) is 0 Å². The van der Waals surface area contributed by atoms with Crippen LogP contribution in [0, 0.1) is 11.8 Å². The molecule has 120 valence electrons. The van der Waals surface area contributed by atoms with E-state index in [4.69, 9.17) is 9.47 Å². The molecule has 0 aliphatic rings. The fourth-order valence-corrected chi connectivity index (χ4v) is 2.94. The van der Waals surface area contributed by atoms with Gasteiger partial charge in [0.25, 0.3) is 0 Å². The van der Waals surface area contributed by atoms with Crippen molar-refractivity contribution in [2.45, 2.75) is 60.2 Å². The maximum absolute atomic E-state index is 10.2. The van der Waals surface area contributed by atoms with E-state index >= 15 is 0 Å². The normalized spacial score (nSPS) is 13.2. The maximum Gasteiger partial charge on any atom is 0.199 e. The highest BCUT2D eigenvalue weighted by Gasteiger charge is 2.21. The molecule has 1 N–H and O–H groups in total. The quantitative estimate of drug-likeness (QED) is 0.690. The molecule has 0 spiro atoms. The Morgan fingerprint density at radius 1 is 1.05 bits per heavy atom. The summed E-state index contributed by atoms with van der Waals surface area (Å²) in [6.45, 7) is 13.4. The summed E-state index contributed by atoms with van der Waals surface area (Å²) in [6, 6.07) is 5.74. The summed E-state index contributed by atoms with van der Waals surface area (Å²) in [5, 5.41) is 10.2. The Kier molecular flexibility index (Phi) is 7.03. The number of phenolic OH excluding ortho intramolecular Hbond substituents is 1. The average molecular weight is 294 g/mol. The highest BCUT2D eigenvalue weighted by Crippen LogP contribution is 2.37. The molecule has 0 fully saturated rings. The van der Waals surface area contributed by atoms with E-state index < -0.39 is 0 Å². The molecule has 0 saturated heterocycles. The lowest BCUT2D eigenvalue weighted by atomic mass is 9.80. The topological polar surface area (TPSA) is 38.7 Å². The molecule has 1 unspecified atom stereocenters. The van der Waals surface area contributed by atoms with Crippen LogP contribution in [0.25, 0.3) is 0 Å². The second-order valence-electron chi connectivity index (χ2n) is 6.15. The number of phenols is 1. The van der Waals surface area contributed by atoms with Crippen LogP contribution in [0.3, 0.4) is 0 Å². The van der Waals surface area contributed by atoms with Crippen molar-refractivity contribution in [3.63, 3.8) is 0 Å². The van der Waals surface area contributed by atoms with Gasteiger partial charge in [0.05, 0.1) is 0 Å². The van der Waals surface area contributed by atoms with Crippen molar-refractivity contribution in [2.24, 2.45) is 11.8 Å². The number of hydrogen-bond acceptors (Lipinski definition) is 3. The number of benzene rings is 1. The molecule has 0 amide bonds. The zero-order chi connectivity index (χ0) is 16.0. The summed E-state index contributed by atoms with van der Waals surface area (Å²) in [7, 11) is 0. The molecule has 0 saturated carbocycles. The van der Waals surface area contributed by atoms with Gasteiger partial charge in [-0.3, -0.25) is 0 Å². The van der Waals surface area contributed by atoms with E-state index in [2.05, 4.69) is 33.8 Å². The summed E-state index contributed by atoms with van der Waals surface area (Å²) in [4.78, 5) is 0. The Morgan fingerprint density at radius 2 is 1.67 bits per heavy atom. The molecule has 0 heterocycles. The average Bonchev–Trinajstić information content (AvgIpc) is 2.40. The summed E-state index contributed by atoms with van der Waals surface area (Å²) in [6.07, 6.45) is 0.438. The van der Waals surface area contributed by atoms with Crippen LogP contribution in [-0.4, -0.2) is 18.0 Å². The van der Waals surface area contributed by atoms with Crippen molar-refractivity contribution in [1.82, 2.24) is 0 Å². The van der Waals surface area contributed by atoms with Crippen LogP contribution < -0.4 is 4.74 Å². The van der Waals surface area contributed by atoms with Gasteiger partial charge < -0.3 is 14.6 Å². The zero-order valence-corrected chi connectivity index (χ0v) is 14.2. The fourth-order valence-electron chi connectivity index (χ4n) is 2.94. The predicted octanol–water partition coefficient (Wildman–Crippen LogP) is 4.94.